The monoisotopic (exact) mass is 716 g/mol. The minimum Gasteiger partial charge on any atom is -0.208 e. The average molecular weight is 717 g/mol. The molecule has 0 unspecified atom stereocenters. The highest BCUT2D eigenvalue weighted by Gasteiger charge is 2.20. The molecule has 0 saturated heterocycles. The first kappa shape index (κ1) is 32.9. The lowest BCUT2D eigenvalue weighted by Crippen LogP contribution is -2.02. The van der Waals surface area contributed by atoms with Crippen LogP contribution in [0.3, 0.4) is 0 Å². The zero-order valence-electron chi connectivity index (χ0n) is 30.2. The van der Waals surface area contributed by atoms with Gasteiger partial charge < -0.3 is 0 Å². The molecule has 0 spiro atoms. The molecule has 0 saturated carbocycles. The molecule has 10 aromatic rings. The molecule has 0 aliphatic heterocycles. The van der Waals surface area contributed by atoms with Crippen LogP contribution in [-0.4, -0.2) is 29.9 Å². The number of aromatic nitrogens is 6. The molecule has 10 rings (SSSR count). The summed E-state index contributed by atoms with van der Waals surface area (Å²) >= 11 is 0. The van der Waals surface area contributed by atoms with E-state index in [9.17, 15) is 0 Å². The quantitative estimate of drug-likeness (QED) is 0.163. The van der Waals surface area contributed by atoms with E-state index in [1.807, 2.05) is 109 Å². The summed E-state index contributed by atoms with van der Waals surface area (Å²) in [7, 11) is 0. The molecule has 0 radical (unpaired) electrons. The summed E-state index contributed by atoms with van der Waals surface area (Å²) in [5.74, 6) is 3.61. The van der Waals surface area contributed by atoms with Gasteiger partial charge in [-0.2, -0.15) is 0 Å². The predicted molar refractivity (Wildman–Crippen MR) is 226 cm³/mol. The highest BCUT2D eigenvalue weighted by atomic mass is 15.0. The van der Waals surface area contributed by atoms with Gasteiger partial charge in [0.2, 0.25) is 0 Å². The van der Waals surface area contributed by atoms with E-state index < -0.39 is 0 Å². The van der Waals surface area contributed by atoms with Crippen molar-refractivity contribution >= 4 is 21.5 Å². The maximum absolute atomic E-state index is 5.25. The molecule has 0 atom stereocenters. The number of fused-ring (bicyclic) bond motifs is 2. The molecule has 0 amide bonds. The lowest BCUT2D eigenvalue weighted by molar-refractivity contribution is 1.07. The summed E-state index contributed by atoms with van der Waals surface area (Å²) in [5, 5.41) is 4.17. The second-order valence-electron chi connectivity index (χ2n) is 13.5. The van der Waals surface area contributed by atoms with Crippen molar-refractivity contribution in [1.29, 1.82) is 0 Å². The Labute approximate surface area is 324 Å². The van der Waals surface area contributed by atoms with Gasteiger partial charge in [-0.1, -0.05) is 182 Å². The van der Waals surface area contributed by atoms with Gasteiger partial charge in [0.05, 0.1) is 0 Å². The van der Waals surface area contributed by atoms with E-state index >= 15 is 0 Å². The Balaban J connectivity index is 1.17. The summed E-state index contributed by atoms with van der Waals surface area (Å²) in [6, 6.07) is 65.9. The highest BCUT2D eigenvalue weighted by molar-refractivity contribution is 6.05. The molecule has 2 aromatic heterocycles. The maximum atomic E-state index is 5.25. The van der Waals surface area contributed by atoms with Crippen LogP contribution in [-0.2, 0) is 0 Å². The molecular formula is C50H32N6. The van der Waals surface area contributed by atoms with Crippen molar-refractivity contribution < 1.29 is 0 Å². The van der Waals surface area contributed by atoms with Gasteiger partial charge in [-0.3, -0.25) is 0 Å². The SMILES string of the molecule is c1ccc(-c2nc(-c3ccccc3)nc(-c3ccc(-c4nc(-c5ccccc5)nc(-c5cccc6c(-c7ccccc7)cccc56)n4)c4ccccc34)n2)cc1. The Bertz CT molecular complexity index is 2950. The molecule has 2 heterocycles. The van der Waals surface area contributed by atoms with Crippen LogP contribution in [0, 0.1) is 0 Å². The molecule has 0 aliphatic rings. The largest absolute Gasteiger partial charge is 0.208 e. The van der Waals surface area contributed by atoms with Crippen molar-refractivity contribution in [2.45, 2.75) is 0 Å². The van der Waals surface area contributed by atoms with Crippen LogP contribution in [0.1, 0.15) is 0 Å². The number of nitrogens with zero attached hydrogens (tertiary/aromatic N) is 6. The fourth-order valence-corrected chi connectivity index (χ4v) is 7.33. The molecule has 6 heteroatoms. The van der Waals surface area contributed by atoms with E-state index in [0.717, 1.165) is 66.1 Å². The Morgan fingerprint density at radius 3 is 0.857 bits per heavy atom. The first-order valence-corrected chi connectivity index (χ1v) is 18.6. The molecule has 0 aliphatic carbocycles. The topological polar surface area (TPSA) is 77.3 Å². The minimum absolute atomic E-state index is 0.582. The van der Waals surface area contributed by atoms with Gasteiger partial charge in [-0.25, -0.2) is 29.9 Å². The summed E-state index contributed by atoms with van der Waals surface area (Å²) < 4.78 is 0. The zero-order valence-corrected chi connectivity index (χ0v) is 30.2. The van der Waals surface area contributed by atoms with E-state index in [-0.39, 0.29) is 0 Å². The fraction of sp³-hybridized carbons (Fsp3) is 0. The molecule has 0 fully saturated rings. The summed E-state index contributed by atoms with van der Waals surface area (Å²) in [4.78, 5) is 30.5. The van der Waals surface area contributed by atoms with Crippen molar-refractivity contribution in [3.05, 3.63) is 194 Å². The second-order valence-corrected chi connectivity index (χ2v) is 13.5. The van der Waals surface area contributed by atoms with Crippen molar-refractivity contribution in [2.75, 3.05) is 0 Å². The summed E-state index contributed by atoms with van der Waals surface area (Å²) in [6.07, 6.45) is 0. The molecular weight excluding hydrogens is 685 g/mol. The summed E-state index contributed by atoms with van der Waals surface area (Å²) in [6.45, 7) is 0. The van der Waals surface area contributed by atoms with Gasteiger partial charge in [0, 0.05) is 33.4 Å². The molecule has 6 nitrogen and oxygen atoms in total. The van der Waals surface area contributed by atoms with E-state index in [0.29, 0.717) is 34.9 Å². The third kappa shape index (κ3) is 6.15. The third-order valence-electron chi connectivity index (χ3n) is 10.0. The van der Waals surface area contributed by atoms with Gasteiger partial charge in [-0.15, -0.1) is 0 Å². The van der Waals surface area contributed by atoms with Crippen LogP contribution in [0.15, 0.2) is 194 Å². The lowest BCUT2D eigenvalue weighted by Gasteiger charge is -2.14. The molecule has 262 valence electrons. The Hall–Kier alpha value is -7.70. The van der Waals surface area contributed by atoms with Crippen molar-refractivity contribution in [3.8, 4) is 79.5 Å². The zero-order chi connectivity index (χ0) is 37.3. The van der Waals surface area contributed by atoms with Gasteiger partial charge in [-0.05, 0) is 44.8 Å². The number of hydrogen-bond donors (Lipinski definition) is 0. The Kier molecular flexibility index (Phi) is 8.39. The average Bonchev–Trinajstić information content (AvgIpc) is 3.29. The summed E-state index contributed by atoms with van der Waals surface area (Å²) in [5.41, 5.74) is 7.79. The number of hydrogen-bond acceptors (Lipinski definition) is 6. The normalized spacial score (nSPS) is 11.2. The van der Waals surface area contributed by atoms with Crippen LogP contribution >= 0.6 is 0 Å². The molecule has 8 aromatic carbocycles. The van der Waals surface area contributed by atoms with Crippen LogP contribution in [0.5, 0.6) is 0 Å². The van der Waals surface area contributed by atoms with Gasteiger partial charge in [0.1, 0.15) is 0 Å². The Morgan fingerprint density at radius 2 is 0.446 bits per heavy atom. The van der Waals surface area contributed by atoms with E-state index in [1.165, 1.54) is 0 Å². The van der Waals surface area contributed by atoms with Gasteiger partial charge in [0.15, 0.2) is 34.9 Å². The Morgan fingerprint density at radius 1 is 0.179 bits per heavy atom. The third-order valence-corrected chi connectivity index (χ3v) is 10.0. The first-order chi connectivity index (χ1) is 27.8. The van der Waals surface area contributed by atoms with E-state index in [1.54, 1.807) is 0 Å². The molecule has 0 bridgehead atoms. The van der Waals surface area contributed by atoms with Crippen molar-refractivity contribution in [3.63, 3.8) is 0 Å². The van der Waals surface area contributed by atoms with Gasteiger partial charge in [0.25, 0.3) is 0 Å². The van der Waals surface area contributed by atoms with E-state index in [2.05, 4.69) is 84.9 Å². The predicted octanol–water partition coefficient (Wildman–Crippen LogP) is 12.0. The molecule has 0 N–H and O–H groups in total. The van der Waals surface area contributed by atoms with E-state index in [4.69, 9.17) is 29.9 Å². The number of benzene rings is 8. The lowest BCUT2D eigenvalue weighted by atomic mass is 9.95. The minimum atomic E-state index is 0.582. The fourth-order valence-electron chi connectivity index (χ4n) is 7.33. The second kappa shape index (κ2) is 14.3. The van der Waals surface area contributed by atoms with Gasteiger partial charge >= 0.3 is 0 Å². The van der Waals surface area contributed by atoms with Crippen LogP contribution in [0.2, 0.25) is 0 Å². The highest BCUT2D eigenvalue weighted by Crippen LogP contribution is 2.38. The maximum Gasteiger partial charge on any atom is 0.164 e. The number of rotatable bonds is 7. The van der Waals surface area contributed by atoms with Crippen LogP contribution < -0.4 is 0 Å². The van der Waals surface area contributed by atoms with Crippen molar-refractivity contribution in [2.24, 2.45) is 0 Å². The van der Waals surface area contributed by atoms with Crippen LogP contribution in [0.4, 0.5) is 0 Å². The smallest absolute Gasteiger partial charge is 0.164 e. The van der Waals surface area contributed by atoms with Crippen molar-refractivity contribution in [1.82, 2.24) is 29.9 Å². The van der Waals surface area contributed by atoms with Crippen LogP contribution in [0.25, 0.3) is 101 Å². The molecule has 56 heavy (non-hydrogen) atoms. The standard InChI is InChI=1S/C50H32N6/c1-5-17-33(18-6-1)37-27-15-29-41-38(37)28-16-30-42(41)48-54-47(36-23-11-4-12-24-36)55-50(56-48)44-32-31-43(39-25-13-14-26-40(39)44)49-52-45(34-19-7-2-8-20-34)51-46(53-49)35-21-9-3-10-22-35/h1-32H. The first-order valence-electron chi connectivity index (χ1n) is 18.6.